The molecule has 2 aromatic rings. The summed E-state index contributed by atoms with van der Waals surface area (Å²) in [5, 5.41) is 0. The number of hydrogen-bond donors (Lipinski definition) is 6. The maximum Gasteiger partial charge on any atom is 0.391 e. The lowest BCUT2D eigenvalue weighted by Crippen LogP contribution is -1.99. The molecule has 0 bridgehead atoms. The van der Waals surface area contributed by atoms with E-state index in [1.54, 1.807) is 36.4 Å². The van der Waals surface area contributed by atoms with Crippen LogP contribution in [0.15, 0.2) is 36.4 Å². The quantitative estimate of drug-likeness (QED) is 0.347. The zero-order chi connectivity index (χ0) is 15.1. The fraction of sp³-hybridized carbons (Fsp3) is 0. The number of anilines is 4. The zero-order valence-electron chi connectivity index (χ0n) is 10.5. The first-order valence-electron chi connectivity index (χ1n) is 5.38. The molecular weight excluding hydrogens is 281 g/mol. The molecule has 0 spiro atoms. The van der Waals surface area contributed by atoms with Crippen molar-refractivity contribution in [2.45, 2.75) is 0 Å². The number of benzene rings is 1. The second kappa shape index (κ2) is 7.34. The Bertz CT molecular complexity index is 568. The standard InChI is InChI=1S/C6H8NO3P.C5H8N4/c7-5-3-1-2-4-6(5)10-11(8)9;6-3-1-2-4(7)9-5(3)8/h1-4,8-9H,7H2;1-2H,6H2,(H4,7,8,9). The van der Waals surface area contributed by atoms with E-state index in [0.717, 1.165) is 0 Å². The van der Waals surface area contributed by atoms with E-state index in [1.165, 1.54) is 0 Å². The Balaban J connectivity index is 0.000000204. The Morgan fingerprint density at radius 3 is 2.05 bits per heavy atom. The minimum absolute atomic E-state index is 0.287. The van der Waals surface area contributed by atoms with Crippen molar-refractivity contribution in [3.8, 4) is 5.75 Å². The third-order valence-electron chi connectivity index (χ3n) is 2.08. The highest BCUT2D eigenvalue weighted by atomic mass is 31.2. The molecule has 20 heavy (non-hydrogen) atoms. The van der Waals surface area contributed by atoms with Crippen LogP contribution in [0.2, 0.25) is 0 Å². The monoisotopic (exact) mass is 297 g/mol. The maximum absolute atomic E-state index is 8.47. The summed E-state index contributed by atoms with van der Waals surface area (Å²) in [4.78, 5) is 20.6. The second-order valence-electron chi connectivity index (χ2n) is 3.59. The minimum Gasteiger partial charge on any atom is -0.425 e. The summed E-state index contributed by atoms with van der Waals surface area (Å²) in [5.41, 5.74) is 22.2. The van der Waals surface area contributed by atoms with Crippen molar-refractivity contribution in [2.24, 2.45) is 0 Å². The van der Waals surface area contributed by atoms with Crippen LogP contribution in [-0.4, -0.2) is 14.8 Å². The van der Waals surface area contributed by atoms with Crippen molar-refractivity contribution < 1.29 is 14.3 Å². The Kier molecular flexibility index (Phi) is 5.79. The average molecular weight is 297 g/mol. The highest BCUT2D eigenvalue weighted by molar-refractivity contribution is 7.39. The number of pyridine rings is 1. The van der Waals surface area contributed by atoms with Crippen LogP contribution < -0.4 is 27.5 Å². The molecule has 0 aliphatic carbocycles. The largest absolute Gasteiger partial charge is 0.425 e. The third-order valence-corrected chi connectivity index (χ3v) is 2.44. The van der Waals surface area contributed by atoms with Crippen LogP contribution >= 0.6 is 8.60 Å². The smallest absolute Gasteiger partial charge is 0.391 e. The summed E-state index contributed by atoms with van der Waals surface area (Å²) in [7, 11) is -2.37. The van der Waals surface area contributed by atoms with Gasteiger partial charge < -0.3 is 37.2 Å². The summed E-state index contributed by atoms with van der Waals surface area (Å²) in [6.07, 6.45) is 0. The van der Waals surface area contributed by atoms with E-state index >= 15 is 0 Å². The molecule has 1 heterocycles. The molecule has 0 amide bonds. The van der Waals surface area contributed by atoms with Gasteiger partial charge in [0, 0.05) is 0 Å². The summed E-state index contributed by atoms with van der Waals surface area (Å²) in [6.45, 7) is 0. The Morgan fingerprint density at radius 1 is 0.900 bits per heavy atom. The molecule has 8 nitrogen and oxygen atoms in total. The molecule has 0 unspecified atom stereocenters. The first-order chi connectivity index (χ1) is 9.40. The predicted octanol–water partition coefficient (Wildman–Crippen LogP) is 0.687. The molecule has 0 radical (unpaired) electrons. The SMILES string of the molecule is Nc1ccc(N)c(N)n1.Nc1ccccc1OP(O)O. The molecule has 1 aromatic heterocycles. The molecule has 2 rings (SSSR count). The zero-order valence-corrected chi connectivity index (χ0v) is 11.4. The minimum atomic E-state index is -2.37. The number of aromatic nitrogens is 1. The number of rotatable bonds is 2. The molecule has 0 saturated carbocycles. The van der Waals surface area contributed by atoms with Gasteiger partial charge in [-0.05, 0) is 24.3 Å². The van der Waals surface area contributed by atoms with Gasteiger partial charge in [0.1, 0.15) is 11.6 Å². The molecule has 9 heteroatoms. The molecule has 0 aliphatic heterocycles. The normalized spacial score (nSPS) is 9.75. The van der Waals surface area contributed by atoms with Gasteiger partial charge in [0.25, 0.3) is 0 Å². The molecule has 108 valence electrons. The number of para-hydroxylation sites is 2. The second-order valence-corrected chi connectivity index (χ2v) is 4.28. The van der Waals surface area contributed by atoms with Gasteiger partial charge in [-0.1, -0.05) is 12.1 Å². The molecule has 0 atom stereocenters. The summed E-state index contributed by atoms with van der Waals surface area (Å²) in [5.74, 6) is 0.973. The first-order valence-corrected chi connectivity index (χ1v) is 6.54. The molecule has 0 saturated heterocycles. The van der Waals surface area contributed by atoms with Gasteiger partial charge in [-0.15, -0.1) is 0 Å². The van der Waals surface area contributed by atoms with Crippen LogP contribution in [0, 0.1) is 0 Å². The maximum atomic E-state index is 8.47. The predicted molar refractivity (Wildman–Crippen MR) is 80.3 cm³/mol. The van der Waals surface area contributed by atoms with Crippen LogP contribution in [0.4, 0.5) is 23.0 Å². The van der Waals surface area contributed by atoms with Crippen molar-refractivity contribution in [2.75, 3.05) is 22.9 Å². The van der Waals surface area contributed by atoms with Crippen molar-refractivity contribution in [1.82, 2.24) is 4.98 Å². The van der Waals surface area contributed by atoms with Gasteiger partial charge in [0.15, 0.2) is 5.75 Å². The molecule has 1 aromatic carbocycles. The number of nitrogens with zero attached hydrogens (tertiary/aromatic N) is 1. The van der Waals surface area contributed by atoms with Crippen molar-refractivity contribution in [1.29, 1.82) is 0 Å². The van der Waals surface area contributed by atoms with E-state index in [0.29, 0.717) is 22.9 Å². The number of hydrogen-bond acceptors (Lipinski definition) is 8. The van der Waals surface area contributed by atoms with Crippen molar-refractivity contribution >= 4 is 31.6 Å². The summed E-state index contributed by atoms with van der Waals surface area (Å²) >= 11 is 0. The van der Waals surface area contributed by atoms with Gasteiger partial charge in [-0.3, -0.25) is 0 Å². The van der Waals surface area contributed by atoms with Gasteiger partial charge in [0.2, 0.25) is 0 Å². The topological polar surface area (TPSA) is 167 Å². The number of nitrogen functional groups attached to an aromatic ring is 4. The van der Waals surface area contributed by atoms with Gasteiger partial charge in [-0.25, -0.2) is 4.98 Å². The van der Waals surface area contributed by atoms with E-state index in [2.05, 4.69) is 9.51 Å². The van der Waals surface area contributed by atoms with Crippen LogP contribution in [-0.2, 0) is 0 Å². The highest BCUT2D eigenvalue weighted by Crippen LogP contribution is 2.32. The van der Waals surface area contributed by atoms with Crippen molar-refractivity contribution in [3.63, 3.8) is 0 Å². The molecular formula is C11H16N5O3P. The van der Waals surface area contributed by atoms with E-state index < -0.39 is 8.60 Å². The van der Waals surface area contributed by atoms with Crippen LogP contribution in [0.1, 0.15) is 0 Å². The molecule has 0 aliphatic rings. The van der Waals surface area contributed by atoms with Gasteiger partial charge in [0.05, 0.1) is 11.4 Å². The van der Waals surface area contributed by atoms with Crippen LogP contribution in [0.3, 0.4) is 0 Å². The van der Waals surface area contributed by atoms with Gasteiger partial charge in [-0.2, -0.15) is 0 Å². The van der Waals surface area contributed by atoms with E-state index in [4.69, 9.17) is 32.7 Å². The van der Waals surface area contributed by atoms with Crippen molar-refractivity contribution in [3.05, 3.63) is 36.4 Å². The summed E-state index contributed by atoms with van der Waals surface area (Å²) < 4.78 is 4.60. The third kappa shape index (κ3) is 5.15. The van der Waals surface area contributed by atoms with Crippen LogP contribution in [0.25, 0.3) is 0 Å². The van der Waals surface area contributed by atoms with E-state index in [1.807, 2.05) is 0 Å². The van der Waals surface area contributed by atoms with Crippen LogP contribution in [0.5, 0.6) is 5.75 Å². The van der Waals surface area contributed by atoms with E-state index in [9.17, 15) is 0 Å². The fourth-order valence-electron chi connectivity index (χ4n) is 1.15. The lowest BCUT2D eigenvalue weighted by atomic mass is 10.3. The fourth-order valence-corrected chi connectivity index (χ4v) is 1.50. The lowest BCUT2D eigenvalue weighted by Gasteiger charge is -2.06. The highest BCUT2D eigenvalue weighted by Gasteiger charge is 2.04. The average Bonchev–Trinajstić information content (AvgIpc) is 2.37. The molecule has 0 fully saturated rings. The summed E-state index contributed by atoms with van der Waals surface area (Å²) in [6, 6.07) is 9.85. The number of nitrogens with two attached hydrogens (primary N) is 4. The van der Waals surface area contributed by atoms with Gasteiger partial charge >= 0.3 is 8.60 Å². The first kappa shape index (κ1) is 15.8. The lowest BCUT2D eigenvalue weighted by molar-refractivity contribution is 0.376. The van der Waals surface area contributed by atoms with E-state index in [-0.39, 0.29) is 5.82 Å². The molecule has 10 N–H and O–H groups in total. The Morgan fingerprint density at radius 2 is 1.55 bits per heavy atom. The Hall–Kier alpha value is -2.28. The Labute approximate surface area is 117 Å².